The summed E-state index contributed by atoms with van der Waals surface area (Å²) in [5, 5.41) is 12.7. The van der Waals surface area contributed by atoms with Gasteiger partial charge in [0.05, 0.1) is 23.8 Å². The van der Waals surface area contributed by atoms with Crippen LogP contribution < -0.4 is 10.1 Å². The molecule has 1 N–H and O–H groups in total. The normalized spacial score (nSPS) is 11.5. The summed E-state index contributed by atoms with van der Waals surface area (Å²) in [4.78, 5) is 0. The lowest BCUT2D eigenvalue weighted by molar-refractivity contribution is 0.415. The maximum Gasteiger partial charge on any atom is 0.137 e. The number of hydrogen-bond donors (Lipinski definition) is 1. The molecule has 0 amide bonds. The van der Waals surface area contributed by atoms with Crippen LogP contribution >= 0.6 is 11.6 Å². The maximum absolute atomic E-state index is 8.79. The van der Waals surface area contributed by atoms with Crippen molar-refractivity contribution in [2.75, 3.05) is 12.4 Å². The highest BCUT2D eigenvalue weighted by Crippen LogP contribution is 2.29. The Morgan fingerprint density at radius 2 is 1.90 bits per heavy atom. The first-order valence-corrected chi connectivity index (χ1v) is 6.62. The third-order valence-corrected chi connectivity index (χ3v) is 3.37. The summed E-state index contributed by atoms with van der Waals surface area (Å²) in [5.74, 6) is 0.656. The van der Waals surface area contributed by atoms with Crippen LogP contribution in [-0.4, -0.2) is 7.11 Å². The Hall–Kier alpha value is -2.18. The molecule has 1 unspecified atom stereocenters. The lowest BCUT2D eigenvalue weighted by atomic mass is 10.1. The highest BCUT2D eigenvalue weighted by Gasteiger charge is 2.07. The van der Waals surface area contributed by atoms with Crippen LogP contribution in [0, 0.1) is 11.3 Å². The standard InChI is InChI=1S/C16H15ClN2O/c1-11(13-5-3-12(10-18)4-6-13)19-14-7-8-16(20-2)15(17)9-14/h3-9,11,19H,1-2H3. The van der Waals surface area contributed by atoms with Crippen LogP contribution in [0.2, 0.25) is 5.02 Å². The van der Waals surface area contributed by atoms with Crippen molar-refractivity contribution in [2.45, 2.75) is 13.0 Å². The van der Waals surface area contributed by atoms with E-state index in [1.807, 2.05) is 42.5 Å². The van der Waals surface area contributed by atoms with E-state index in [9.17, 15) is 0 Å². The zero-order valence-corrected chi connectivity index (χ0v) is 12.1. The average molecular weight is 287 g/mol. The Kier molecular flexibility index (Phi) is 4.49. The van der Waals surface area contributed by atoms with Crippen LogP contribution in [0.25, 0.3) is 0 Å². The number of nitrogens with zero attached hydrogens (tertiary/aromatic N) is 1. The second kappa shape index (κ2) is 6.31. The summed E-state index contributed by atoms with van der Waals surface area (Å²) in [6.45, 7) is 2.06. The van der Waals surface area contributed by atoms with Crippen LogP contribution in [0.15, 0.2) is 42.5 Å². The van der Waals surface area contributed by atoms with Crippen molar-refractivity contribution in [1.29, 1.82) is 5.26 Å². The van der Waals surface area contributed by atoms with E-state index in [0.29, 0.717) is 16.3 Å². The Balaban J connectivity index is 2.12. The van der Waals surface area contributed by atoms with Crippen molar-refractivity contribution >= 4 is 17.3 Å². The summed E-state index contributed by atoms with van der Waals surface area (Å²) in [5.41, 5.74) is 2.69. The summed E-state index contributed by atoms with van der Waals surface area (Å²) in [7, 11) is 1.59. The predicted molar refractivity (Wildman–Crippen MR) is 81.2 cm³/mol. The fourth-order valence-corrected chi connectivity index (χ4v) is 2.19. The Bertz CT molecular complexity index is 632. The first-order chi connectivity index (χ1) is 9.63. The molecule has 0 aliphatic heterocycles. The van der Waals surface area contributed by atoms with Crippen molar-refractivity contribution in [3.05, 3.63) is 58.6 Å². The molecular formula is C16H15ClN2O. The average Bonchev–Trinajstić information content (AvgIpc) is 2.47. The van der Waals surface area contributed by atoms with E-state index in [1.165, 1.54) is 0 Å². The van der Waals surface area contributed by atoms with Crippen LogP contribution in [-0.2, 0) is 0 Å². The van der Waals surface area contributed by atoms with E-state index in [1.54, 1.807) is 7.11 Å². The molecular weight excluding hydrogens is 272 g/mol. The number of hydrogen-bond acceptors (Lipinski definition) is 3. The monoisotopic (exact) mass is 286 g/mol. The number of nitriles is 1. The predicted octanol–water partition coefficient (Wildman–Crippen LogP) is 4.39. The SMILES string of the molecule is COc1ccc(NC(C)c2ccc(C#N)cc2)cc1Cl. The zero-order chi connectivity index (χ0) is 14.5. The van der Waals surface area contributed by atoms with E-state index in [2.05, 4.69) is 18.3 Å². The lowest BCUT2D eigenvalue weighted by Crippen LogP contribution is -2.06. The zero-order valence-electron chi connectivity index (χ0n) is 11.4. The van der Waals surface area contributed by atoms with E-state index >= 15 is 0 Å². The molecule has 0 spiro atoms. The molecule has 0 radical (unpaired) electrons. The van der Waals surface area contributed by atoms with Gasteiger partial charge in [-0.2, -0.15) is 5.26 Å². The Labute approximate surface area is 123 Å². The molecule has 0 aliphatic rings. The molecule has 20 heavy (non-hydrogen) atoms. The van der Waals surface area contributed by atoms with Gasteiger partial charge in [-0.25, -0.2) is 0 Å². The van der Waals surface area contributed by atoms with E-state index in [4.69, 9.17) is 21.6 Å². The summed E-state index contributed by atoms with van der Waals surface area (Å²) >= 11 is 6.10. The number of ether oxygens (including phenoxy) is 1. The first kappa shape index (κ1) is 14.2. The van der Waals surface area contributed by atoms with E-state index in [0.717, 1.165) is 11.3 Å². The molecule has 1 atom stereocenters. The molecule has 102 valence electrons. The number of benzene rings is 2. The molecule has 3 nitrogen and oxygen atoms in total. The largest absolute Gasteiger partial charge is 0.495 e. The van der Waals surface area contributed by atoms with Gasteiger partial charge in [-0.15, -0.1) is 0 Å². The fourth-order valence-electron chi connectivity index (χ4n) is 1.94. The van der Waals surface area contributed by atoms with Gasteiger partial charge in [0.25, 0.3) is 0 Å². The maximum atomic E-state index is 8.79. The van der Waals surface area contributed by atoms with Crippen molar-refractivity contribution in [3.8, 4) is 11.8 Å². The number of halogens is 1. The smallest absolute Gasteiger partial charge is 0.137 e. The van der Waals surface area contributed by atoms with Crippen molar-refractivity contribution < 1.29 is 4.74 Å². The summed E-state index contributed by atoms with van der Waals surface area (Å²) in [6, 6.07) is 15.3. The molecule has 0 bridgehead atoms. The highest BCUT2D eigenvalue weighted by atomic mass is 35.5. The quantitative estimate of drug-likeness (QED) is 0.906. The number of anilines is 1. The first-order valence-electron chi connectivity index (χ1n) is 6.24. The lowest BCUT2D eigenvalue weighted by Gasteiger charge is -2.16. The van der Waals surface area contributed by atoms with E-state index < -0.39 is 0 Å². The fraction of sp³-hybridized carbons (Fsp3) is 0.188. The van der Waals surface area contributed by atoms with Gasteiger partial charge >= 0.3 is 0 Å². The summed E-state index contributed by atoms with van der Waals surface area (Å²) in [6.07, 6.45) is 0. The van der Waals surface area contributed by atoms with Crippen LogP contribution in [0.3, 0.4) is 0 Å². The molecule has 0 saturated heterocycles. The molecule has 2 aromatic carbocycles. The molecule has 0 fully saturated rings. The van der Waals surface area contributed by atoms with Crippen molar-refractivity contribution in [2.24, 2.45) is 0 Å². The molecule has 2 aromatic rings. The number of nitrogens with one attached hydrogen (secondary N) is 1. The minimum absolute atomic E-state index is 0.118. The highest BCUT2D eigenvalue weighted by molar-refractivity contribution is 6.32. The number of rotatable bonds is 4. The minimum atomic E-state index is 0.118. The van der Waals surface area contributed by atoms with Crippen LogP contribution in [0.5, 0.6) is 5.75 Å². The van der Waals surface area contributed by atoms with Gasteiger partial charge in [0.1, 0.15) is 5.75 Å². The molecule has 0 heterocycles. The molecule has 2 rings (SSSR count). The van der Waals surface area contributed by atoms with Crippen LogP contribution in [0.1, 0.15) is 24.1 Å². The van der Waals surface area contributed by atoms with Gasteiger partial charge in [0.15, 0.2) is 0 Å². The molecule has 0 saturated carbocycles. The second-order valence-electron chi connectivity index (χ2n) is 4.45. The van der Waals surface area contributed by atoms with Crippen LogP contribution in [0.4, 0.5) is 5.69 Å². The van der Waals surface area contributed by atoms with Gasteiger partial charge in [0, 0.05) is 11.7 Å². The Morgan fingerprint density at radius 1 is 1.20 bits per heavy atom. The number of methoxy groups -OCH3 is 1. The third-order valence-electron chi connectivity index (χ3n) is 3.07. The van der Waals surface area contributed by atoms with E-state index in [-0.39, 0.29) is 6.04 Å². The van der Waals surface area contributed by atoms with Crippen molar-refractivity contribution in [1.82, 2.24) is 0 Å². The van der Waals surface area contributed by atoms with Gasteiger partial charge in [-0.05, 0) is 42.8 Å². The van der Waals surface area contributed by atoms with Gasteiger partial charge in [0.2, 0.25) is 0 Å². The third kappa shape index (κ3) is 3.23. The Morgan fingerprint density at radius 3 is 2.45 bits per heavy atom. The van der Waals surface area contributed by atoms with Crippen molar-refractivity contribution in [3.63, 3.8) is 0 Å². The van der Waals surface area contributed by atoms with Gasteiger partial charge < -0.3 is 10.1 Å². The molecule has 0 aromatic heterocycles. The second-order valence-corrected chi connectivity index (χ2v) is 4.86. The topological polar surface area (TPSA) is 45.0 Å². The van der Waals surface area contributed by atoms with Gasteiger partial charge in [-0.3, -0.25) is 0 Å². The molecule has 0 aliphatic carbocycles. The summed E-state index contributed by atoms with van der Waals surface area (Å²) < 4.78 is 5.12. The minimum Gasteiger partial charge on any atom is -0.495 e. The van der Waals surface area contributed by atoms with Gasteiger partial charge in [-0.1, -0.05) is 23.7 Å². The molecule has 4 heteroatoms.